The van der Waals surface area contributed by atoms with Crippen LogP contribution in [0.3, 0.4) is 0 Å². The third-order valence-electron chi connectivity index (χ3n) is 5.35. The summed E-state index contributed by atoms with van der Waals surface area (Å²) in [5, 5.41) is 0. The molecule has 0 atom stereocenters. The Morgan fingerprint density at radius 3 is 2.03 bits per heavy atom. The molecule has 4 nitrogen and oxygen atoms in total. The van der Waals surface area contributed by atoms with E-state index in [4.69, 9.17) is 11.3 Å². The van der Waals surface area contributed by atoms with Gasteiger partial charge in [-0.25, -0.2) is 9.64 Å². The SMILES string of the molecule is [C-]#[N+]c1c(-c2ccc(-c3c(C)cccc3C)cc2)c(C(=O)OCC)n(C)c1CC. The predicted molar refractivity (Wildman–Crippen MR) is 117 cm³/mol. The molecule has 0 aliphatic heterocycles. The van der Waals surface area contributed by atoms with E-state index in [2.05, 4.69) is 49.0 Å². The van der Waals surface area contributed by atoms with Crippen LogP contribution in [0.2, 0.25) is 0 Å². The summed E-state index contributed by atoms with van der Waals surface area (Å²) in [4.78, 5) is 16.5. The number of carbonyl (C=O) groups excluding carboxylic acids is 1. The smallest absolute Gasteiger partial charge is 0.354 e. The van der Waals surface area contributed by atoms with Gasteiger partial charge in [0.25, 0.3) is 0 Å². The second-order valence-electron chi connectivity index (χ2n) is 7.11. The zero-order valence-corrected chi connectivity index (χ0v) is 17.7. The number of rotatable bonds is 5. The molecule has 0 bridgehead atoms. The van der Waals surface area contributed by atoms with E-state index < -0.39 is 5.97 Å². The minimum Gasteiger partial charge on any atom is -0.461 e. The number of hydrogen-bond acceptors (Lipinski definition) is 2. The van der Waals surface area contributed by atoms with Crippen LogP contribution in [0.5, 0.6) is 0 Å². The van der Waals surface area contributed by atoms with Crippen LogP contribution in [0, 0.1) is 20.4 Å². The minimum atomic E-state index is -0.395. The molecule has 0 aliphatic carbocycles. The van der Waals surface area contributed by atoms with Crippen molar-refractivity contribution in [3.8, 4) is 22.3 Å². The Balaban J connectivity index is 2.18. The van der Waals surface area contributed by atoms with Crippen molar-refractivity contribution < 1.29 is 9.53 Å². The van der Waals surface area contributed by atoms with E-state index in [1.165, 1.54) is 16.7 Å². The molecule has 4 heteroatoms. The van der Waals surface area contributed by atoms with E-state index in [1.54, 1.807) is 11.5 Å². The van der Waals surface area contributed by atoms with Gasteiger partial charge in [-0.1, -0.05) is 49.4 Å². The van der Waals surface area contributed by atoms with E-state index in [-0.39, 0.29) is 0 Å². The van der Waals surface area contributed by atoms with E-state index in [1.807, 2.05) is 26.1 Å². The molecule has 3 aromatic rings. The molecule has 29 heavy (non-hydrogen) atoms. The van der Waals surface area contributed by atoms with E-state index >= 15 is 0 Å². The summed E-state index contributed by atoms with van der Waals surface area (Å²) < 4.78 is 7.10. The van der Waals surface area contributed by atoms with Crippen molar-refractivity contribution in [3.63, 3.8) is 0 Å². The second-order valence-corrected chi connectivity index (χ2v) is 7.11. The molecule has 1 aromatic heterocycles. The van der Waals surface area contributed by atoms with Gasteiger partial charge in [-0.2, -0.15) is 0 Å². The van der Waals surface area contributed by atoms with Crippen molar-refractivity contribution in [1.29, 1.82) is 0 Å². The van der Waals surface area contributed by atoms with E-state index in [0.717, 1.165) is 16.8 Å². The van der Waals surface area contributed by atoms with Crippen molar-refractivity contribution >= 4 is 11.7 Å². The van der Waals surface area contributed by atoms with E-state index in [0.29, 0.717) is 30.0 Å². The summed E-state index contributed by atoms with van der Waals surface area (Å²) in [6.07, 6.45) is 0.668. The second kappa shape index (κ2) is 8.36. The van der Waals surface area contributed by atoms with Crippen molar-refractivity contribution in [2.24, 2.45) is 7.05 Å². The molecule has 0 fully saturated rings. The van der Waals surface area contributed by atoms with Crippen LogP contribution in [0.25, 0.3) is 27.1 Å². The maximum Gasteiger partial charge on any atom is 0.354 e. The van der Waals surface area contributed by atoms with Crippen LogP contribution in [0.15, 0.2) is 42.5 Å². The highest BCUT2D eigenvalue weighted by atomic mass is 16.5. The summed E-state index contributed by atoms with van der Waals surface area (Å²) in [5.41, 5.74) is 8.11. The largest absolute Gasteiger partial charge is 0.461 e. The molecule has 0 saturated carbocycles. The molecule has 2 aromatic carbocycles. The van der Waals surface area contributed by atoms with Gasteiger partial charge in [0, 0.05) is 18.3 Å². The lowest BCUT2D eigenvalue weighted by Crippen LogP contribution is -2.12. The van der Waals surface area contributed by atoms with Gasteiger partial charge in [0.15, 0.2) is 0 Å². The Morgan fingerprint density at radius 2 is 1.55 bits per heavy atom. The average Bonchev–Trinajstić information content (AvgIpc) is 3.00. The van der Waals surface area contributed by atoms with Gasteiger partial charge in [-0.15, -0.1) is 0 Å². The first kappa shape index (κ1) is 20.4. The van der Waals surface area contributed by atoms with Gasteiger partial charge in [0.2, 0.25) is 5.69 Å². The highest BCUT2D eigenvalue weighted by molar-refractivity contribution is 6.01. The molecule has 0 unspecified atom stereocenters. The van der Waals surface area contributed by atoms with Crippen molar-refractivity contribution in [2.75, 3.05) is 6.61 Å². The maximum absolute atomic E-state index is 12.7. The van der Waals surface area contributed by atoms with Gasteiger partial charge in [0.05, 0.1) is 13.2 Å². The fourth-order valence-electron chi connectivity index (χ4n) is 4.03. The summed E-state index contributed by atoms with van der Waals surface area (Å²) in [5.74, 6) is -0.395. The Labute approximate surface area is 172 Å². The number of carbonyl (C=O) groups is 1. The van der Waals surface area contributed by atoms with Gasteiger partial charge in [-0.3, -0.25) is 0 Å². The summed E-state index contributed by atoms with van der Waals surface area (Å²) in [7, 11) is 1.83. The monoisotopic (exact) mass is 386 g/mol. The van der Waals surface area contributed by atoms with Crippen molar-refractivity contribution in [2.45, 2.75) is 34.1 Å². The number of esters is 1. The van der Waals surface area contributed by atoms with Crippen LogP contribution < -0.4 is 0 Å². The van der Waals surface area contributed by atoms with Crippen LogP contribution in [0.1, 0.15) is 41.2 Å². The molecule has 0 saturated heterocycles. The summed E-state index contributed by atoms with van der Waals surface area (Å²) in [6.45, 7) is 16.0. The van der Waals surface area contributed by atoms with Gasteiger partial charge in [0.1, 0.15) is 5.69 Å². The molecule has 0 radical (unpaired) electrons. The highest BCUT2D eigenvalue weighted by Gasteiger charge is 2.26. The lowest BCUT2D eigenvalue weighted by molar-refractivity contribution is 0.0516. The normalized spacial score (nSPS) is 10.6. The van der Waals surface area contributed by atoms with Crippen LogP contribution in [-0.2, 0) is 18.2 Å². The number of ether oxygens (including phenoxy) is 1. The Kier molecular flexibility index (Phi) is 5.89. The molecule has 3 rings (SSSR count). The third-order valence-corrected chi connectivity index (χ3v) is 5.35. The third kappa shape index (κ3) is 3.56. The highest BCUT2D eigenvalue weighted by Crippen LogP contribution is 2.40. The average molecular weight is 386 g/mol. The number of aromatic nitrogens is 1. The quantitative estimate of drug-likeness (QED) is 0.383. The molecule has 0 amide bonds. The molecule has 1 heterocycles. The van der Waals surface area contributed by atoms with E-state index in [9.17, 15) is 4.79 Å². The van der Waals surface area contributed by atoms with Crippen LogP contribution >= 0.6 is 0 Å². The topological polar surface area (TPSA) is 35.6 Å². The number of aryl methyl sites for hydroxylation is 2. The first-order chi connectivity index (χ1) is 13.9. The maximum atomic E-state index is 12.7. The van der Waals surface area contributed by atoms with Gasteiger partial charge in [-0.05, 0) is 55.0 Å². The zero-order valence-electron chi connectivity index (χ0n) is 17.7. The Morgan fingerprint density at radius 1 is 1.00 bits per heavy atom. The molecular weight excluding hydrogens is 360 g/mol. The fraction of sp³-hybridized carbons (Fsp3) is 0.280. The Hall–Kier alpha value is -3.32. The number of benzene rings is 2. The number of nitrogens with zero attached hydrogens (tertiary/aromatic N) is 2. The van der Waals surface area contributed by atoms with Crippen molar-refractivity contribution in [1.82, 2.24) is 4.57 Å². The lowest BCUT2D eigenvalue weighted by Gasteiger charge is -2.12. The van der Waals surface area contributed by atoms with Gasteiger partial charge < -0.3 is 9.30 Å². The predicted octanol–water partition coefficient (Wildman–Crippen LogP) is 6.27. The van der Waals surface area contributed by atoms with Crippen LogP contribution in [0.4, 0.5) is 5.69 Å². The minimum absolute atomic E-state index is 0.295. The zero-order chi connectivity index (χ0) is 21.1. The molecular formula is C25H26N2O2. The Bertz CT molecular complexity index is 1080. The first-order valence-corrected chi connectivity index (χ1v) is 9.87. The number of hydrogen-bond donors (Lipinski definition) is 0. The molecule has 0 aliphatic rings. The summed E-state index contributed by atoms with van der Waals surface area (Å²) >= 11 is 0. The first-order valence-electron chi connectivity index (χ1n) is 9.87. The lowest BCUT2D eigenvalue weighted by atomic mass is 9.94. The van der Waals surface area contributed by atoms with Gasteiger partial charge >= 0.3 is 5.97 Å². The summed E-state index contributed by atoms with van der Waals surface area (Å²) in [6, 6.07) is 14.4. The fourth-order valence-corrected chi connectivity index (χ4v) is 4.03. The molecule has 0 spiro atoms. The van der Waals surface area contributed by atoms with Crippen molar-refractivity contribution in [3.05, 3.63) is 76.4 Å². The van der Waals surface area contributed by atoms with Crippen LogP contribution in [-0.4, -0.2) is 17.1 Å². The molecule has 148 valence electrons. The molecule has 0 N–H and O–H groups in total. The standard InChI is InChI=1S/C25H26N2O2/c1-7-20-23(26-5)22(24(27(20)6)25(28)29-8-2)19-14-12-18(13-15-19)21-16(3)10-9-11-17(21)4/h9-15H,7-8H2,1-4,6H3.